The molecule has 1 aromatic carbocycles. The number of piperidine rings is 1. The van der Waals surface area contributed by atoms with Crippen molar-refractivity contribution in [3.05, 3.63) is 34.9 Å². The molecule has 0 saturated carbocycles. The SMILES string of the molecule is CCNC(=NCCNC(=O)c1ccccc1Cl)N1CCC(C)CC1.I. The van der Waals surface area contributed by atoms with Crippen molar-refractivity contribution in [1.29, 1.82) is 0 Å². The van der Waals surface area contributed by atoms with E-state index in [0.717, 1.165) is 31.5 Å². The van der Waals surface area contributed by atoms with Gasteiger partial charge in [-0.25, -0.2) is 0 Å². The Hall–Kier alpha value is -1.02. The number of benzene rings is 1. The molecule has 0 radical (unpaired) electrons. The van der Waals surface area contributed by atoms with Crippen LogP contribution in [-0.4, -0.2) is 49.5 Å². The third kappa shape index (κ3) is 7.01. The Kier molecular flexibility index (Phi) is 10.2. The second-order valence-electron chi connectivity index (χ2n) is 6.14. The van der Waals surface area contributed by atoms with Crippen molar-refractivity contribution < 1.29 is 4.79 Å². The molecular formula is C18H28ClIN4O. The quantitative estimate of drug-likeness (QED) is 0.295. The van der Waals surface area contributed by atoms with Crippen LogP contribution in [0, 0.1) is 5.92 Å². The molecule has 0 spiro atoms. The van der Waals surface area contributed by atoms with Gasteiger partial charge in [-0.05, 0) is 37.8 Å². The maximum atomic E-state index is 12.1. The second kappa shape index (κ2) is 11.6. The molecule has 0 aromatic heterocycles. The lowest BCUT2D eigenvalue weighted by Crippen LogP contribution is -2.45. The molecule has 1 aliphatic rings. The maximum absolute atomic E-state index is 12.1. The van der Waals surface area contributed by atoms with Gasteiger partial charge in [0.25, 0.3) is 5.91 Å². The number of rotatable bonds is 5. The van der Waals surface area contributed by atoms with Gasteiger partial charge >= 0.3 is 0 Å². The second-order valence-corrected chi connectivity index (χ2v) is 6.55. The predicted molar refractivity (Wildman–Crippen MR) is 115 cm³/mol. The van der Waals surface area contributed by atoms with Crippen molar-refractivity contribution in [2.24, 2.45) is 10.9 Å². The molecule has 0 unspecified atom stereocenters. The van der Waals surface area contributed by atoms with E-state index in [2.05, 4.69) is 34.4 Å². The highest BCUT2D eigenvalue weighted by atomic mass is 127. The van der Waals surface area contributed by atoms with Crippen LogP contribution in [0.2, 0.25) is 5.02 Å². The van der Waals surface area contributed by atoms with Gasteiger partial charge in [-0.1, -0.05) is 30.7 Å². The number of nitrogens with zero attached hydrogens (tertiary/aromatic N) is 2. The molecule has 140 valence electrons. The number of amides is 1. The summed E-state index contributed by atoms with van der Waals surface area (Å²) in [6.07, 6.45) is 2.40. The van der Waals surface area contributed by atoms with Gasteiger partial charge in [-0.2, -0.15) is 0 Å². The van der Waals surface area contributed by atoms with Crippen molar-refractivity contribution in [2.75, 3.05) is 32.7 Å². The van der Waals surface area contributed by atoms with Crippen molar-refractivity contribution in [2.45, 2.75) is 26.7 Å². The zero-order chi connectivity index (χ0) is 17.4. The number of carbonyl (C=O) groups is 1. The first-order valence-electron chi connectivity index (χ1n) is 8.67. The third-order valence-electron chi connectivity index (χ3n) is 4.20. The van der Waals surface area contributed by atoms with Gasteiger partial charge in [-0.15, -0.1) is 24.0 Å². The Bertz CT molecular complexity index is 574. The first kappa shape index (κ1) is 22.0. The third-order valence-corrected chi connectivity index (χ3v) is 4.53. The number of guanidine groups is 1. The fourth-order valence-corrected chi connectivity index (χ4v) is 2.94. The first-order chi connectivity index (χ1) is 11.6. The van der Waals surface area contributed by atoms with Crippen LogP contribution >= 0.6 is 35.6 Å². The van der Waals surface area contributed by atoms with Crippen LogP contribution in [0.1, 0.15) is 37.0 Å². The van der Waals surface area contributed by atoms with Gasteiger partial charge in [0.2, 0.25) is 0 Å². The molecule has 1 heterocycles. The molecule has 0 aliphatic carbocycles. The molecule has 5 nitrogen and oxygen atoms in total. The molecular weight excluding hydrogens is 451 g/mol. The molecule has 1 saturated heterocycles. The Morgan fingerprint density at radius 1 is 1.28 bits per heavy atom. The van der Waals surface area contributed by atoms with Gasteiger partial charge < -0.3 is 15.5 Å². The van der Waals surface area contributed by atoms with Crippen molar-refractivity contribution in [1.82, 2.24) is 15.5 Å². The number of aliphatic imine (C=N–C) groups is 1. The fourth-order valence-electron chi connectivity index (χ4n) is 2.72. The summed E-state index contributed by atoms with van der Waals surface area (Å²) in [6, 6.07) is 7.06. The lowest BCUT2D eigenvalue weighted by molar-refractivity contribution is 0.0955. The average molecular weight is 479 g/mol. The lowest BCUT2D eigenvalue weighted by Gasteiger charge is -2.33. The van der Waals surface area contributed by atoms with E-state index < -0.39 is 0 Å². The van der Waals surface area contributed by atoms with E-state index in [9.17, 15) is 4.79 Å². The summed E-state index contributed by atoms with van der Waals surface area (Å²) < 4.78 is 0. The Morgan fingerprint density at radius 2 is 1.96 bits per heavy atom. The molecule has 2 rings (SSSR count). The van der Waals surface area contributed by atoms with Crippen LogP contribution in [-0.2, 0) is 0 Å². The summed E-state index contributed by atoms with van der Waals surface area (Å²) in [5.41, 5.74) is 0.500. The molecule has 0 bridgehead atoms. The average Bonchev–Trinajstić information content (AvgIpc) is 2.58. The van der Waals surface area contributed by atoms with E-state index in [1.807, 2.05) is 6.07 Å². The molecule has 25 heavy (non-hydrogen) atoms. The first-order valence-corrected chi connectivity index (χ1v) is 9.05. The summed E-state index contributed by atoms with van der Waals surface area (Å²) >= 11 is 6.03. The zero-order valence-electron chi connectivity index (χ0n) is 14.9. The standard InChI is InChI=1S/C18H27ClN4O.HI/c1-3-20-18(23-12-8-14(2)9-13-23)22-11-10-21-17(24)15-6-4-5-7-16(15)19;/h4-7,14H,3,8-13H2,1-2H3,(H,20,22)(H,21,24);1H. The van der Waals surface area contributed by atoms with Crippen LogP contribution in [0.25, 0.3) is 0 Å². The Balaban J connectivity index is 0.00000312. The normalized spacial score (nSPS) is 15.5. The molecule has 1 aliphatic heterocycles. The maximum Gasteiger partial charge on any atom is 0.252 e. The van der Waals surface area contributed by atoms with Crippen molar-refractivity contribution in [3.63, 3.8) is 0 Å². The fraction of sp³-hybridized carbons (Fsp3) is 0.556. The predicted octanol–water partition coefficient (Wildman–Crippen LogP) is 3.39. The molecule has 7 heteroatoms. The number of carbonyl (C=O) groups excluding carboxylic acids is 1. The highest BCUT2D eigenvalue weighted by Crippen LogP contribution is 2.16. The van der Waals surface area contributed by atoms with Gasteiger partial charge in [0.15, 0.2) is 5.96 Å². The minimum Gasteiger partial charge on any atom is -0.357 e. The van der Waals surface area contributed by atoms with Crippen LogP contribution in [0.4, 0.5) is 0 Å². The number of nitrogens with one attached hydrogen (secondary N) is 2. The van der Waals surface area contributed by atoms with Crippen molar-refractivity contribution >= 4 is 47.4 Å². The summed E-state index contributed by atoms with van der Waals surface area (Å²) in [5.74, 6) is 1.57. The molecule has 2 N–H and O–H groups in total. The van der Waals surface area contributed by atoms with Crippen LogP contribution < -0.4 is 10.6 Å². The van der Waals surface area contributed by atoms with Crippen LogP contribution in [0.15, 0.2) is 29.3 Å². The lowest BCUT2D eigenvalue weighted by atomic mass is 10.00. The van der Waals surface area contributed by atoms with E-state index in [1.54, 1.807) is 18.2 Å². The molecule has 1 fully saturated rings. The minimum atomic E-state index is -0.160. The number of hydrogen-bond acceptors (Lipinski definition) is 2. The Morgan fingerprint density at radius 3 is 2.60 bits per heavy atom. The van der Waals surface area contributed by atoms with E-state index in [1.165, 1.54) is 12.8 Å². The summed E-state index contributed by atoms with van der Waals surface area (Å²) in [6.45, 7) is 8.33. The van der Waals surface area contributed by atoms with E-state index >= 15 is 0 Å². The highest BCUT2D eigenvalue weighted by molar-refractivity contribution is 14.0. The monoisotopic (exact) mass is 478 g/mol. The molecule has 0 atom stereocenters. The summed E-state index contributed by atoms with van der Waals surface area (Å²) in [5, 5.41) is 6.68. The largest absolute Gasteiger partial charge is 0.357 e. The van der Waals surface area contributed by atoms with E-state index in [-0.39, 0.29) is 29.9 Å². The van der Waals surface area contributed by atoms with Gasteiger partial charge in [0, 0.05) is 26.2 Å². The smallest absolute Gasteiger partial charge is 0.252 e. The van der Waals surface area contributed by atoms with Gasteiger partial charge in [0.05, 0.1) is 17.1 Å². The van der Waals surface area contributed by atoms with Gasteiger partial charge in [0.1, 0.15) is 0 Å². The minimum absolute atomic E-state index is 0. The number of halogens is 2. The van der Waals surface area contributed by atoms with Crippen LogP contribution in [0.5, 0.6) is 0 Å². The van der Waals surface area contributed by atoms with E-state index in [4.69, 9.17) is 11.6 Å². The van der Waals surface area contributed by atoms with Crippen LogP contribution in [0.3, 0.4) is 0 Å². The van der Waals surface area contributed by atoms with E-state index in [0.29, 0.717) is 23.7 Å². The van der Waals surface area contributed by atoms with Gasteiger partial charge in [-0.3, -0.25) is 9.79 Å². The zero-order valence-corrected chi connectivity index (χ0v) is 18.0. The molecule has 1 amide bonds. The van der Waals surface area contributed by atoms with Crippen molar-refractivity contribution in [3.8, 4) is 0 Å². The highest BCUT2D eigenvalue weighted by Gasteiger charge is 2.18. The summed E-state index contributed by atoms with van der Waals surface area (Å²) in [7, 11) is 0. The topological polar surface area (TPSA) is 56.7 Å². The molecule has 1 aromatic rings. The number of hydrogen-bond donors (Lipinski definition) is 2. The summed E-state index contributed by atoms with van der Waals surface area (Å²) in [4.78, 5) is 19.0. The number of likely N-dealkylation sites (tertiary alicyclic amines) is 1. The Labute approximate surface area is 172 Å².